The van der Waals surface area contributed by atoms with Crippen LogP contribution in [0.5, 0.6) is 0 Å². The van der Waals surface area contributed by atoms with E-state index in [2.05, 4.69) is 10.4 Å². The first kappa shape index (κ1) is 19.8. The Labute approximate surface area is 160 Å². The van der Waals surface area contributed by atoms with E-state index in [1.807, 2.05) is 0 Å². The number of para-hydroxylation sites is 1. The van der Waals surface area contributed by atoms with Gasteiger partial charge < -0.3 is 5.32 Å². The Morgan fingerprint density at radius 2 is 1.71 bits per heavy atom. The van der Waals surface area contributed by atoms with Gasteiger partial charge in [0.2, 0.25) is 6.43 Å². The lowest BCUT2D eigenvalue weighted by molar-refractivity contribution is 0.147. The lowest BCUT2D eigenvalue weighted by atomic mass is 10.0. The highest BCUT2D eigenvalue weighted by atomic mass is 35.5. The molecule has 0 unspecified atom stereocenters. The number of hydrogen-bond donors (Lipinski definition) is 1. The van der Waals surface area contributed by atoms with Crippen molar-refractivity contribution in [1.82, 2.24) is 9.78 Å². The van der Waals surface area contributed by atoms with Crippen LogP contribution in [-0.2, 0) is 6.42 Å². The van der Waals surface area contributed by atoms with Crippen molar-refractivity contribution in [2.24, 2.45) is 0 Å². The highest BCUT2D eigenvalue weighted by molar-refractivity contribution is 6.30. The molecule has 0 aliphatic carbocycles. The van der Waals surface area contributed by atoms with Crippen molar-refractivity contribution in [3.8, 4) is 11.1 Å². The third-order valence-electron chi connectivity index (χ3n) is 3.74. The molecule has 1 heterocycles. The Morgan fingerprint density at radius 1 is 1.04 bits per heavy atom. The fourth-order valence-electron chi connectivity index (χ4n) is 2.53. The summed E-state index contributed by atoms with van der Waals surface area (Å²) in [5.74, 6) is -3.64. The maximum atomic E-state index is 14.1. The second-order valence-corrected chi connectivity index (χ2v) is 6.07. The predicted molar refractivity (Wildman–Crippen MR) is 93.1 cm³/mol. The number of hydrogen-bond acceptors (Lipinski definition) is 2. The van der Waals surface area contributed by atoms with Crippen LogP contribution in [0, 0.1) is 17.5 Å². The van der Waals surface area contributed by atoms with Crippen LogP contribution in [-0.4, -0.2) is 22.2 Å². The first-order valence-corrected chi connectivity index (χ1v) is 8.22. The molecular formula is C18H11ClF5N3O. The van der Waals surface area contributed by atoms with Crippen LogP contribution >= 0.6 is 11.6 Å². The van der Waals surface area contributed by atoms with Crippen LogP contribution in [0.4, 0.5) is 32.4 Å². The molecule has 0 fully saturated rings. The zero-order chi connectivity index (χ0) is 20.4. The van der Waals surface area contributed by atoms with Gasteiger partial charge in [-0.1, -0.05) is 29.8 Å². The van der Waals surface area contributed by atoms with E-state index in [9.17, 15) is 26.7 Å². The molecule has 0 atom stereocenters. The van der Waals surface area contributed by atoms with Crippen LogP contribution in [0.15, 0.2) is 42.5 Å². The van der Waals surface area contributed by atoms with Gasteiger partial charge in [-0.15, -0.1) is 0 Å². The maximum Gasteiger partial charge on any atom is 0.347 e. The van der Waals surface area contributed by atoms with Crippen LogP contribution in [0.3, 0.4) is 0 Å². The van der Waals surface area contributed by atoms with Crippen LogP contribution < -0.4 is 5.32 Å². The molecule has 0 aliphatic heterocycles. The number of alkyl halides is 2. The van der Waals surface area contributed by atoms with E-state index in [0.717, 1.165) is 6.07 Å². The van der Waals surface area contributed by atoms with Crippen molar-refractivity contribution in [3.63, 3.8) is 0 Å². The molecule has 2 aromatic carbocycles. The standard InChI is InChI=1S/C18H11ClF5N3O/c19-16-5-9(6-17(23)24)26-27(16)18(28)25-15-4-2-1-3-10(15)11-7-13(21)14(22)8-12(11)20/h1-5,7-8,17H,6H2,(H,25,28). The molecule has 1 aromatic heterocycles. The van der Waals surface area contributed by atoms with Crippen molar-refractivity contribution < 1.29 is 26.7 Å². The van der Waals surface area contributed by atoms with Gasteiger partial charge in [-0.05, 0) is 18.2 Å². The van der Waals surface area contributed by atoms with Gasteiger partial charge in [0, 0.05) is 17.2 Å². The SMILES string of the molecule is O=C(Nc1ccccc1-c1cc(F)c(F)cc1F)n1nc(CC(F)F)cc1Cl. The molecule has 28 heavy (non-hydrogen) atoms. The number of aromatic nitrogens is 2. The van der Waals surface area contributed by atoms with Gasteiger partial charge >= 0.3 is 6.03 Å². The molecule has 3 aromatic rings. The van der Waals surface area contributed by atoms with Gasteiger partial charge in [-0.2, -0.15) is 9.78 Å². The summed E-state index contributed by atoms with van der Waals surface area (Å²) in [6.07, 6.45) is -3.35. The molecule has 0 bridgehead atoms. The summed E-state index contributed by atoms with van der Waals surface area (Å²) in [6, 6.07) is 7.08. The highest BCUT2D eigenvalue weighted by Gasteiger charge is 2.19. The molecule has 0 spiro atoms. The first-order valence-electron chi connectivity index (χ1n) is 7.84. The Bertz CT molecular complexity index is 1040. The molecule has 3 rings (SSSR count). The molecule has 1 amide bonds. The van der Waals surface area contributed by atoms with E-state index in [4.69, 9.17) is 11.6 Å². The van der Waals surface area contributed by atoms with E-state index < -0.39 is 36.3 Å². The number of benzene rings is 2. The van der Waals surface area contributed by atoms with Gasteiger partial charge in [0.05, 0.1) is 17.8 Å². The summed E-state index contributed by atoms with van der Waals surface area (Å²) < 4.78 is 66.4. The molecular weight excluding hydrogens is 405 g/mol. The van der Waals surface area contributed by atoms with E-state index in [1.165, 1.54) is 24.3 Å². The second-order valence-electron chi connectivity index (χ2n) is 5.69. The fraction of sp³-hybridized carbons (Fsp3) is 0.111. The summed E-state index contributed by atoms with van der Waals surface area (Å²) in [6.45, 7) is 0. The highest BCUT2D eigenvalue weighted by Crippen LogP contribution is 2.31. The minimum Gasteiger partial charge on any atom is -0.305 e. The van der Waals surface area contributed by atoms with Crippen LogP contribution in [0.1, 0.15) is 5.69 Å². The minimum atomic E-state index is -2.67. The fourth-order valence-corrected chi connectivity index (χ4v) is 2.77. The molecule has 146 valence electrons. The predicted octanol–water partition coefficient (Wildman–Crippen LogP) is 5.51. The largest absolute Gasteiger partial charge is 0.347 e. The topological polar surface area (TPSA) is 46.9 Å². The average Bonchev–Trinajstić information content (AvgIpc) is 2.98. The molecule has 0 saturated carbocycles. The van der Waals surface area contributed by atoms with Gasteiger partial charge in [0.1, 0.15) is 11.0 Å². The van der Waals surface area contributed by atoms with Crippen molar-refractivity contribution in [1.29, 1.82) is 0 Å². The Kier molecular flexibility index (Phi) is 5.64. The van der Waals surface area contributed by atoms with Crippen LogP contribution in [0.25, 0.3) is 11.1 Å². The van der Waals surface area contributed by atoms with Gasteiger partial charge in [-0.3, -0.25) is 0 Å². The Hall–Kier alpha value is -2.94. The Morgan fingerprint density at radius 3 is 2.43 bits per heavy atom. The molecule has 4 nitrogen and oxygen atoms in total. The summed E-state index contributed by atoms with van der Waals surface area (Å²) in [5.41, 5.74) is -0.238. The van der Waals surface area contributed by atoms with E-state index in [-0.39, 0.29) is 27.7 Å². The number of amides is 1. The quantitative estimate of drug-likeness (QED) is 0.451. The van der Waals surface area contributed by atoms with Gasteiger partial charge in [0.25, 0.3) is 0 Å². The second kappa shape index (κ2) is 7.97. The number of rotatable bonds is 4. The average molecular weight is 416 g/mol. The van der Waals surface area contributed by atoms with Crippen molar-refractivity contribution in [2.45, 2.75) is 12.8 Å². The third kappa shape index (κ3) is 4.14. The third-order valence-corrected chi connectivity index (χ3v) is 4.01. The van der Waals surface area contributed by atoms with Gasteiger partial charge in [0.15, 0.2) is 11.6 Å². The lowest BCUT2D eigenvalue weighted by Crippen LogP contribution is -2.21. The number of nitrogens with zero attached hydrogens (tertiary/aromatic N) is 2. The zero-order valence-electron chi connectivity index (χ0n) is 13.9. The molecule has 1 N–H and O–H groups in total. The van der Waals surface area contributed by atoms with Gasteiger partial charge in [-0.25, -0.2) is 26.7 Å². The van der Waals surface area contributed by atoms with E-state index in [1.54, 1.807) is 0 Å². The number of nitrogens with one attached hydrogen (secondary N) is 1. The minimum absolute atomic E-state index is 0.0550. The Balaban J connectivity index is 1.94. The zero-order valence-corrected chi connectivity index (χ0v) is 14.7. The number of carbonyl (C=O) groups is 1. The smallest absolute Gasteiger partial charge is 0.305 e. The number of anilines is 1. The molecule has 0 aliphatic rings. The normalized spacial score (nSPS) is 11.1. The number of halogens is 6. The maximum absolute atomic E-state index is 14.1. The molecule has 0 radical (unpaired) electrons. The van der Waals surface area contributed by atoms with E-state index in [0.29, 0.717) is 16.8 Å². The van der Waals surface area contributed by atoms with Crippen molar-refractivity contribution in [2.75, 3.05) is 5.32 Å². The summed E-state index contributed by atoms with van der Waals surface area (Å²) in [7, 11) is 0. The molecule has 10 heteroatoms. The van der Waals surface area contributed by atoms with Crippen molar-refractivity contribution in [3.05, 3.63) is 70.8 Å². The number of carbonyl (C=O) groups excluding carboxylic acids is 1. The monoisotopic (exact) mass is 415 g/mol. The molecule has 0 saturated heterocycles. The summed E-state index contributed by atoms with van der Waals surface area (Å²) in [5, 5.41) is 5.90. The van der Waals surface area contributed by atoms with Crippen molar-refractivity contribution >= 4 is 23.3 Å². The lowest BCUT2D eigenvalue weighted by Gasteiger charge is -2.12. The summed E-state index contributed by atoms with van der Waals surface area (Å²) in [4.78, 5) is 12.4. The van der Waals surface area contributed by atoms with Crippen LogP contribution in [0.2, 0.25) is 5.15 Å². The first-order chi connectivity index (χ1) is 13.3. The van der Waals surface area contributed by atoms with E-state index >= 15 is 0 Å². The summed E-state index contributed by atoms with van der Waals surface area (Å²) >= 11 is 5.85.